The molecule has 1 N–H and O–H groups in total. The predicted molar refractivity (Wildman–Crippen MR) is 64.2 cm³/mol. The summed E-state index contributed by atoms with van der Waals surface area (Å²) in [4.78, 5) is 13.4. The van der Waals surface area contributed by atoms with E-state index in [1.54, 1.807) is 13.2 Å². The summed E-state index contributed by atoms with van der Waals surface area (Å²) in [6.07, 6.45) is 0. The van der Waals surface area contributed by atoms with Gasteiger partial charge in [-0.15, -0.1) is 0 Å². The van der Waals surface area contributed by atoms with Crippen LogP contribution in [0.15, 0.2) is 24.3 Å². The lowest BCUT2D eigenvalue weighted by atomic mass is 9.99. The summed E-state index contributed by atoms with van der Waals surface area (Å²) in [5.41, 5.74) is 0.730. The number of ketones is 1. The van der Waals surface area contributed by atoms with Crippen LogP contribution in [0.25, 0.3) is 0 Å². The van der Waals surface area contributed by atoms with Crippen molar-refractivity contribution in [2.75, 3.05) is 27.7 Å². The smallest absolute Gasteiger partial charge is 0.171 e. The van der Waals surface area contributed by atoms with Crippen LogP contribution in [0.5, 0.6) is 5.75 Å². The summed E-state index contributed by atoms with van der Waals surface area (Å²) in [5, 5.41) is 0. The van der Waals surface area contributed by atoms with Crippen LogP contribution in [-0.4, -0.2) is 33.5 Å². The van der Waals surface area contributed by atoms with Crippen LogP contribution >= 0.6 is 0 Å². The number of hydrogen-bond acceptors (Lipinski definition) is 2. The number of rotatable bonds is 5. The molecular formula is C13H20NO2+. The Hall–Kier alpha value is -1.35. The molecule has 88 valence electrons. The van der Waals surface area contributed by atoms with Gasteiger partial charge in [0.2, 0.25) is 0 Å². The van der Waals surface area contributed by atoms with Gasteiger partial charge in [-0.05, 0) is 19.1 Å². The summed E-state index contributed by atoms with van der Waals surface area (Å²) in [6.45, 7) is 2.81. The average Bonchev–Trinajstić information content (AvgIpc) is 2.27. The Morgan fingerprint density at radius 2 is 2.12 bits per heavy atom. The summed E-state index contributed by atoms with van der Waals surface area (Å²) < 4.78 is 5.11. The monoisotopic (exact) mass is 222 g/mol. The Morgan fingerprint density at radius 3 is 2.69 bits per heavy atom. The second-order valence-electron chi connectivity index (χ2n) is 4.41. The van der Waals surface area contributed by atoms with E-state index in [1.807, 2.05) is 25.1 Å². The summed E-state index contributed by atoms with van der Waals surface area (Å²) in [6, 6.07) is 7.33. The molecule has 0 saturated carbocycles. The normalized spacial score (nSPS) is 12.6. The number of ether oxygens (including phenoxy) is 1. The third kappa shape index (κ3) is 3.35. The highest BCUT2D eigenvalue weighted by atomic mass is 16.5. The van der Waals surface area contributed by atoms with Crippen molar-refractivity contribution in [1.29, 1.82) is 0 Å². The number of carbonyl (C=O) groups excluding carboxylic acids is 1. The van der Waals surface area contributed by atoms with Gasteiger partial charge in [0, 0.05) is 5.56 Å². The van der Waals surface area contributed by atoms with Crippen molar-refractivity contribution in [1.82, 2.24) is 0 Å². The molecule has 0 fully saturated rings. The molecule has 0 aromatic heterocycles. The third-order valence-corrected chi connectivity index (χ3v) is 2.52. The summed E-state index contributed by atoms with van der Waals surface area (Å²) >= 11 is 0. The first kappa shape index (κ1) is 12.7. The molecule has 0 aliphatic carbocycles. The minimum atomic E-state index is 0.0390. The molecule has 3 nitrogen and oxygen atoms in total. The van der Waals surface area contributed by atoms with Crippen LogP contribution in [0.1, 0.15) is 17.3 Å². The molecule has 1 atom stereocenters. The zero-order valence-electron chi connectivity index (χ0n) is 10.4. The molecule has 16 heavy (non-hydrogen) atoms. The van der Waals surface area contributed by atoms with Crippen molar-refractivity contribution in [3.8, 4) is 5.75 Å². The van der Waals surface area contributed by atoms with Gasteiger partial charge in [0.1, 0.15) is 5.75 Å². The van der Waals surface area contributed by atoms with Crippen LogP contribution < -0.4 is 9.64 Å². The fourth-order valence-electron chi connectivity index (χ4n) is 1.77. The molecule has 1 rings (SSSR count). The topological polar surface area (TPSA) is 30.7 Å². The first-order chi connectivity index (χ1) is 7.54. The highest BCUT2D eigenvalue weighted by Crippen LogP contribution is 2.15. The van der Waals surface area contributed by atoms with Gasteiger partial charge >= 0.3 is 0 Å². The van der Waals surface area contributed by atoms with Crippen molar-refractivity contribution >= 4 is 5.78 Å². The number of Topliss-reactive ketones (excluding diaryl/α,β-unsaturated/α-hetero) is 1. The van der Waals surface area contributed by atoms with E-state index >= 15 is 0 Å². The first-order valence-electron chi connectivity index (χ1n) is 5.52. The Kier molecular flexibility index (Phi) is 4.50. The second kappa shape index (κ2) is 5.66. The van der Waals surface area contributed by atoms with E-state index in [1.165, 1.54) is 4.90 Å². The van der Waals surface area contributed by atoms with Gasteiger partial charge in [-0.25, -0.2) is 0 Å². The number of carbonyl (C=O) groups is 1. The average molecular weight is 222 g/mol. The van der Waals surface area contributed by atoms with Crippen molar-refractivity contribution in [3.05, 3.63) is 29.8 Å². The minimum absolute atomic E-state index is 0.0390. The summed E-state index contributed by atoms with van der Waals surface area (Å²) in [7, 11) is 5.71. The number of nitrogens with one attached hydrogen (secondary N) is 1. The molecule has 1 aromatic carbocycles. The lowest BCUT2D eigenvalue weighted by Gasteiger charge is -2.13. The molecule has 0 aliphatic rings. The van der Waals surface area contributed by atoms with Crippen molar-refractivity contribution in [3.63, 3.8) is 0 Å². The number of hydrogen-bond donors (Lipinski definition) is 1. The third-order valence-electron chi connectivity index (χ3n) is 2.52. The first-order valence-corrected chi connectivity index (χ1v) is 5.52. The second-order valence-corrected chi connectivity index (χ2v) is 4.41. The van der Waals surface area contributed by atoms with Crippen molar-refractivity contribution < 1.29 is 14.4 Å². The maximum atomic E-state index is 12.1. The van der Waals surface area contributed by atoms with E-state index in [4.69, 9.17) is 4.74 Å². The predicted octanol–water partition coefficient (Wildman–Crippen LogP) is 0.658. The van der Waals surface area contributed by atoms with Crippen molar-refractivity contribution in [2.45, 2.75) is 6.92 Å². The van der Waals surface area contributed by atoms with Gasteiger partial charge in [0.25, 0.3) is 0 Å². The van der Waals surface area contributed by atoms with Crippen LogP contribution in [0, 0.1) is 5.92 Å². The highest BCUT2D eigenvalue weighted by molar-refractivity contribution is 5.98. The number of quaternary nitrogens is 1. The van der Waals surface area contributed by atoms with E-state index in [2.05, 4.69) is 14.1 Å². The molecule has 1 aromatic rings. The Balaban J connectivity index is 2.79. The van der Waals surface area contributed by atoms with Gasteiger partial charge in [-0.3, -0.25) is 4.79 Å². The molecule has 0 bridgehead atoms. The Labute approximate surface area is 97.0 Å². The fourth-order valence-corrected chi connectivity index (χ4v) is 1.77. The quantitative estimate of drug-likeness (QED) is 0.742. The van der Waals surface area contributed by atoms with Crippen LogP contribution in [0.3, 0.4) is 0 Å². The largest absolute Gasteiger partial charge is 0.497 e. The van der Waals surface area contributed by atoms with Crippen LogP contribution in [-0.2, 0) is 0 Å². The SMILES string of the molecule is COc1cccc(C(=O)[C@@H](C)C[NH+](C)C)c1. The van der Waals surface area contributed by atoms with E-state index < -0.39 is 0 Å². The lowest BCUT2D eigenvalue weighted by Crippen LogP contribution is -3.06. The van der Waals surface area contributed by atoms with Gasteiger partial charge in [-0.2, -0.15) is 0 Å². The van der Waals surface area contributed by atoms with Gasteiger partial charge < -0.3 is 9.64 Å². The van der Waals surface area contributed by atoms with Gasteiger partial charge in [0.05, 0.1) is 33.7 Å². The van der Waals surface area contributed by atoms with Crippen molar-refractivity contribution in [2.24, 2.45) is 5.92 Å². The standard InChI is InChI=1S/C13H19NO2/c1-10(9-14(2)3)13(15)11-6-5-7-12(8-11)16-4/h5-8,10H,9H2,1-4H3/p+1/t10-/m0/s1. The molecule has 3 heteroatoms. The highest BCUT2D eigenvalue weighted by Gasteiger charge is 2.18. The van der Waals surface area contributed by atoms with E-state index in [-0.39, 0.29) is 11.7 Å². The number of benzene rings is 1. The fraction of sp³-hybridized carbons (Fsp3) is 0.462. The molecule has 0 radical (unpaired) electrons. The molecule has 0 unspecified atom stereocenters. The van der Waals surface area contributed by atoms with E-state index in [0.717, 1.165) is 17.9 Å². The lowest BCUT2D eigenvalue weighted by molar-refractivity contribution is -0.860. The van der Waals surface area contributed by atoms with Gasteiger partial charge in [0.15, 0.2) is 5.78 Å². The van der Waals surface area contributed by atoms with E-state index in [9.17, 15) is 4.79 Å². The molecule has 0 spiro atoms. The molecule has 0 saturated heterocycles. The maximum Gasteiger partial charge on any atom is 0.171 e. The molecule has 0 heterocycles. The Bertz CT molecular complexity index is 361. The molecular weight excluding hydrogens is 202 g/mol. The van der Waals surface area contributed by atoms with Crippen LogP contribution in [0.4, 0.5) is 0 Å². The maximum absolute atomic E-state index is 12.1. The van der Waals surface area contributed by atoms with Crippen LogP contribution in [0.2, 0.25) is 0 Å². The minimum Gasteiger partial charge on any atom is -0.497 e. The summed E-state index contributed by atoms with van der Waals surface area (Å²) in [5.74, 6) is 0.951. The van der Waals surface area contributed by atoms with E-state index in [0.29, 0.717) is 0 Å². The zero-order chi connectivity index (χ0) is 12.1. The van der Waals surface area contributed by atoms with Gasteiger partial charge in [-0.1, -0.05) is 12.1 Å². The zero-order valence-corrected chi connectivity index (χ0v) is 10.4. The molecule has 0 aliphatic heterocycles. The molecule has 0 amide bonds. The number of methoxy groups -OCH3 is 1. The Morgan fingerprint density at radius 1 is 1.44 bits per heavy atom.